The van der Waals surface area contributed by atoms with Crippen molar-refractivity contribution in [2.45, 2.75) is 167 Å². The van der Waals surface area contributed by atoms with Crippen molar-refractivity contribution >= 4 is 28.6 Å². The number of hydrogen-bond donors (Lipinski definition) is 16. The van der Waals surface area contributed by atoms with Gasteiger partial charge >= 0.3 is 0 Å². The molecule has 0 spiro atoms. The molecule has 0 radical (unpaired) electrons. The third-order valence-corrected chi connectivity index (χ3v) is 12.3. The zero-order valence-electron chi connectivity index (χ0n) is 35.2. The highest BCUT2D eigenvalue weighted by molar-refractivity contribution is 8.10. The van der Waals surface area contributed by atoms with E-state index in [1.165, 1.54) is 0 Å². The molecule has 0 aromatic carbocycles. The van der Waals surface area contributed by atoms with Crippen LogP contribution in [-0.4, -0.2) is 276 Å². The maximum Gasteiger partial charge on any atom is 0.217 e. The lowest BCUT2D eigenvalue weighted by Gasteiger charge is -2.49. The van der Waals surface area contributed by atoms with Crippen LogP contribution < -0.4 is 10.6 Å². The molecule has 5 aliphatic heterocycles. The first kappa shape index (κ1) is 54.8. The van der Waals surface area contributed by atoms with Gasteiger partial charge in [0.05, 0.1) is 33.0 Å². The molecule has 30 heteroatoms. The van der Waals surface area contributed by atoms with Gasteiger partial charge in [0.1, 0.15) is 122 Å². The number of aliphatic hydroxyl groups is 14. The molecule has 5 fully saturated rings. The molecule has 378 valence electrons. The quantitative estimate of drug-likeness (QED) is 0.0602. The van der Waals surface area contributed by atoms with Crippen LogP contribution in [0.4, 0.5) is 0 Å². The van der Waals surface area contributed by atoms with Crippen molar-refractivity contribution in [3.05, 3.63) is 0 Å². The van der Waals surface area contributed by atoms with Crippen LogP contribution in [0.3, 0.4) is 0 Å². The Hall–Kier alpha value is -1.16. The highest BCUT2D eigenvalue weighted by Gasteiger charge is 2.56. The molecule has 0 aromatic rings. The summed E-state index contributed by atoms with van der Waals surface area (Å²) in [5.41, 5.74) is 0. The summed E-state index contributed by atoms with van der Waals surface area (Å²) in [7, 11) is 0.930. The Bertz CT molecular complexity index is 1510. The maximum absolute atomic E-state index is 12.4. The molecule has 0 aromatic heterocycles. The molecule has 27 atom stereocenters. The van der Waals surface area contributed by atoms with Gasteiger partial charge in [-0.05, 0) is 6.66 Å². The molecule has 2 amide bonds. The molecule has 0 saturated carbocycles. The second-order valence-electron chi connectivity index (χ2n) is 16.1. The van der Waals surface area contributed by atoms with E-state index in [0.717, 1.165) is 13.8 Å². The van der Waals surface area contributed by atoms with Crippen molar-refractivity contribution in [3.63, 3.8) is 0 Å². The van der Waals surface area contributed by atoms with Crippen LogP contribution in [0, 0.1) is 0 Å². The van der Waals surface area contributed by atoms with E-state index < -0.39 is 206 Å². The van der Waals surface area contributed by atoms with Gasteiger partial charge in [-0.25, -0.2) is 0 Å². The van der Waals surface area contributed by atoms with E-state index in [0.29, 0.717) is 0 Å². The van der Waals surface area contributed by atoms with E-state index in [2.05, 4.69) is 19.6 Å². The van der Waals surface area contributed by atoms with Crippen LogP contribution in [0.15, 0.2) is 0 Å². The second kappa shape index (κ2) is 24.1. The molecule has 5 aliphatic rings. The largest absolute Gasteiger partial charge is 0.394 e. The first-order valence-corrected chi connectivity index (χ1v) is 23.8. The van der Waals surface area contributed by atoms with Crippen molar-refractivity contribution in [2.24, 2.45) is 0 Å². The van der Waals surface area contributed by atoms with Crippen LogP contribution in [0.25, 0.3) is 0 Å². The van der Waals surface area contributed by atoms with E-state index in [1.807, 2.05) is 0 Å². The average molecular weight is 989 g/mol. The van der Waals surface area contributed by atoms with E-state index in [-0.39, 0.29) is 0 Å². The lowest BCUT2D eigenvalue weighted by Crippen LogP contribution is -2.69. The van der Waals surface area contributed by atoms with Gasteiger partial charge in [-0.15, -0.1) is 0 Å². The number of carbonyl (C=O) groups excluding carboxylic acids is 2. The van der Waals surface area contributed by atoms with Crippen molar-refractivity contribution in [3.8, 4) is 0 Å². The minimum absolute atomic E-state index is 0.677. The summed E-state index contributed by atoms with van der Waals surface area (Å²) in [6, 6.07) is -3.10. The molecule has 28 nitrogen and oxygen atoms in total. The maximum atomic E-state index is 12.4. The highest BCUT2D eigenvalue weighted by Crippen LogP contribution is 2.45. The number of amides is 2. The van der Waals surface area contributed by atoms with Crippen molar-refractivity contribution in [2.75, 3.05) is 39.7 Å². The molecule has 0 bridgehead atoms. The topological polar surface area (TPSA) is 434 Å². The average Bonchev–Trinajstić information content (AvgIpc) is 3.26. The predicted molar refractivity (Wildman–Crippen MR) is 211 cm³/mol. The Kier molecular flexibility index (Phi) is 20.3. The monoisotopic (exact) mass is 988 g/mol. The molecule has 5 heterocycles. The van der Waals surface area contributed by atoms with E-state index in [1.54, 1.807) is 6.66 Å². The van der Waals surface area contributed by atoms with Gasteiger partial charge in [-0.1, -0.05) is 8.93 Å². The van der Waals surface area contributed by atoms with E-state index in [4.69, 9.17) is 47.2 Å². The summed E-state index contributed by atoms with van der Waals surface area (Å²) >= 11 is 0. The zero-order chi connectivity index (χ0) is 48.2. The van der Waals surface area contributed by atoms with Crippen LogP contribution >= 0.6 is 16.8 Å². The third-order valence-electron chi connectivity index (χ3n) is 11.4. The molecule has 0 aliphatic carbocycles. The number of ether oxygens (including phenoxy) is 9. The minimum Gasteiger partial charge on any atom is -0.394 e. The third kappa shape index (κ3) is 12.6. The van der Waals surface area contributed by atoms with E-state index in [9.17, 15) is 81.1 Å². The Morgan fingerprint density at radius 2 is 0.846 bits per heavy atom. The number of rotatable bonds is 17. The SMILES string of the molecule is CC(=O)N[C@@H]1C(OCC2OC(OP(C)P)[C@H](OC3OC(CO)[C@@H](OC4OC(CO)[C@H](O)[C@H](O)[C@@H]4O)[C@H](O)[C@@H]3NC(C)=O)[C@@H](O)[C@@H]2O)OC(CO)[C@@H](OC2OC(CO)[C@H](O)[C@H](O)[C@@H]2O)[C@@H]1O. The second-order valence-corrected chi connectivity index (χ2v) is 19.6. The van der Waals surface area contributed by atoms with Gasteiger partial charge in [0.25, 0.3) is 0 Å². The molecular formula is C35H62N2O26P2. The number of nitrogens with one attached hydrogen (secondary N) is 2. The summed E-state index contributed by atoms with van der Waals surface area (Å²) in [6.45, 7) is -0.274. The summed E-state index contributed by atoms with van der Waals surface area (Å²) in [5.74, 6) is -1.45. The van der Waals surface area contributed by atoms with Crippen LogP contribution in [0.2, 0.25) is 0 Å². The van der Waals surface area contributed by atoms with Crippen LogP contribution in [0.1, 0.15) is 13.8 Å². The van der Waals surface area contributed by atoms with Gasteiger partial charge in [0.2, 0.25) is 11.8 Å². The minimum atomic E-state index is -1.94. The molecule has 16 N–H and O–H groups in total. The normalized spacial score (nSPS) is 47.8. The molecule has 5 saturated heterocycles. The predicted octanol–water partition coefficient (Wildman–Crippen LogP) is -9.80. The van der Waals surface area contributed by atoms with E-state index >= 15 is 0 Å². The van der Waals surface area contributed by atoms with Crippen LogP contribution in [-0.2, 0) is 56.7 Å². The Morgan fingerprint density at radius 1 is 0.477 bits per heavy atom. The smallest absolute Gasteiger partial charge is 0.217 e. The van der Waals surface area contributed by atoms with Crippen molar-refractivity contribution in [1.29, 1.82) is 0 Å². The van der Waals surface area contributed by atoms with Gasteiger partial charge < -0.3 is 129 Å². The number of aliphatic hydroxyl groups excluding tert-OH is 14. The van der Waals surface area contributed by atoms with Gasteiger partial charge in [-0.2, -0.15) is 0 Å². The summed E-state index contributed by atoms with van der Waals surface area (Å²) in [5, 5.41) is 152. The number of hydrogen-bond acceptors (Lipinski definition) is 26. The fraction of sp³-hybridized carbons (Fsp3) is 0.943. The fourth-order valence-electron chi connectivity index (χ4n) is 7.96. The molecule has 65 heavy (non-hydrogen) atoms. The first-order chi connectivity index (χ1) is 30.7. The Morgan fingerprint density at radius 3 is 1.26 bits per heavy atom. The molecule has 5 rings (SSSR count). The number of carbonyl (C=O) groups is 2. The lowest BCUT2D eigenvalue weighted by molar-refractivity contribution is -0.369. The van der Waals surface area contributed by atoms with Crippen LogP contribution in [0.5, 0.6) is 0 Å². The lowest BCUT2D eigenvalue weighted by atomic mass is 9.94. The Balaban J connectivity index is 1.31. The summed E-state index contributed by atoms with van der Waals surface area (Å²) in [4.78, 5) is 24.7. The molecular weight excluding hydrogens is 926 g/mol. The van der Waals surface area contributed by atoms with Crippen molar-refractivity contribution in [1.82, 2.24) is 10.6 Å². The summed E-state index contributed by atoms with van der Waals surface area (Å²) < 4.78 is 57.7. The summed E-state index contributed by atoms with van der Waals surface area (Å²) in [6.07, 6.45) is -39.4. The molecule has 12 unspecified atom stereocenters. The Labute approximate surface area is 374 Å². The van der Waals surface area contributed by atoms with Gasteiger partial charge in [0, 0.05) is 21.7 Å². The zero-order valence-corrected chi connectivity index (χ0v) is 37.2. The van der Waals surface area contributed by atoms with Gasteiger partial charge in [-0.3, -0.25) is 9.59 Å². The standard InChI is InChI=1S/C35H62N2O26P2/c1-9(42)36-16-21(47)28(60-33-26(52)23(49)18(44)11(4-38)55-33)13(6-40)57-31(16)54-8-15-20(46)25(51)30(35(59-15)63-65(3)64)62-32-17(37-10(2)43)22(48)29(14(7-41)58-32)61-34-27(53)24(50)19(45)12(5-39)56-34/h11-35,38-41,44-53H,4-8,64H2,1-3H3,(H,36,42)(H,37,43)/t11?,12?,13?,14?,15?,16-,17-,18-,19-,20+,21+,22+,23-,24-,25-,26-,27-,28+,29+,30+,31?,32?,33?,34?,35?,65?/m0/s1. The first-order valence-electron chi connectivity index (χ1n) is 20.5. The highest BCUT2D eigenvalue weighted by atomic mass is 32.0. The van der Waals surface area contributed by atoms with Crippen molar-refractivity contribution < 1.29 is 128 Å². The fourth-order valence-corrected chi connectivity index (χ4v) is 8.81. The van der Waals surface area contributed by atoms with Gasteiger partial charge in [0.15, 0.2) is 31.5 Å².